The maximum absolute atomic E-state index is 12.6. The predicted octanol–water partition coefficient (Wildman–Crippen LogP) is 2.14. The predicted molar refractivity (Wildman–Crippen MR) is 97.4 cm³/mol. The number of para-hydroxylation sites is 2. The van der Waals surface area contributed by atoms with E-state index in [1.165, 1.54) is 7.11 Å². The fourth-order valence-corrected chi connectivity index (χ4v) is 2.39. The Bertz CT molecular complexity index is 563. The summed E-state index contributed by atoms with van der Waals surface area (Å²) in [6, 6.07) is 7.13. The third-order valence-electron chi connectivity index (χ3n) is 3.79. The van der Waals surface area contributed by atoms with Crippen molar-refractivity contribution in [2.24, 2.45) is 5.92 Å². The van der Waals surface area contributed by atoms with Gasteiger partial charge in [0.15, 0.2) is 18.1 Å². The highest BCUT2D eigenvalue weighted by atomic mass is 16.5. The smallest absolute Gasteiger partial charge is 0.310 e. The summed E-state index contributed by atoms with van der Waals surface area (Å²) in [5.41, 5.74) is 0. The van der Waals surface area contributed by atoms with E-state index in [0.717, 1.165) is 0 Å². The first-order chi connectivity index (χ1) is 12.5. The van der Waals surface area contributed by atoms with Crippen LogP contribution in [0, 0.1) is 5.92 Å². The van der Waals surface area contributed by atoms with E-state index >= 15 is 0 Å². The fourth-order valence-electron chi connectivity index (χ4n) is 2.39. The van der Waals surface area contributed by atoms with Gasteiger partial charge in [-0.3, -0.25) is 9.59 Å². The van der Waals surface area contributed by atoms with Crippen molar-refractivity contribution in [1.29, 1.82) is 0 Å². The first kappa shape index (κ1) is 21.8. The molecule has 0 heterocycles. The number of benzene rings is 1. The summed E-state index contributed by atoms with van der Waals surface area (Å²) in [4.78, 5) is 25.9. The number of esters is 1. The van der Waals surface area contributed by atoms with Crippen LogP contribution in [-0.2, 0) is 19.1 Å². The van der Waals surface area contributed by atoms with Crippen LogP contribution in [0.25, 0.3) is 0 Å². The average Bonchev–Trinajstić information content (AvgIpc) is 2.67. The summed E-state index contributed by atoms with van der Waals surface area (Å²) in [5, 5.41) is 0. The van der Waals surface area contributed by atoms with E-state index in [-0.39, 0.29) is 25.0 Å². The van der Waals surface area contributed by atoms with Crippen LogP contribution in [0.1, 0.15) is 20.3 Å². The van der Waals surface area contributed by atoms with Crippen LogP contribution < -0.4 is 9.47 Å². The fraction of sp³-hybridized carbons (Fsp3) is 0.579. The number of rotatable bonds is 12. The molecule has 0 saturated heterocycles. The van der Waals surface area contributed by atoms with Crippen LogP contribution in [0.5, 0.6) is 11.5 Å². The van der Waals surface area contributed by atoms with Gasteiger partial charge in [0, 0.05) is 26.3 Å². The van der Waals surface area contributed by atoms with Gasteiger partial charge >= 0.3 is 5.97 Å². The van der Waals surface area contributed by atoms with Gasteiger partial charge in [-0.25, -0.2) is 0 Å². The van der Waals surface area contributed by atoms with Gasteiger partial charge in [-0.1, -0.05) is 19.1 Å². The minimum absolute atomic E-state index is 0.136. The zero-order valence-corrected chi connectivity index (χ0v) is 16.0. The second-order valence-corrected chi connectivity index (χ2v) is 5.75. The maximum atomic E-state index is 12.6. The molecule has 0 spiro atoms. The Hall–Kier alpha value is -2.28. The molecule has 1 aromatic rings. The molecule has 0 fully saturated rings. The van der Waals surface area contributed by atoms with Gasteiger partial charge in [0.05, 0.1) is 20.1 Å². The molecule has 146 valence electrons. The first-order valence-electron chi connectivity index (χ1n) is 8.72. The molecule has 26 heavy (non-hydrogen) atoms. The van der Waals surface area contributed by atoms with Crippen molar-refractivity contribution in [3.05, 3.63) is 24.3 Å². The second-order valence-electron chi connectivity index (χ2n) is 5.75. The minimum Gasteiger partial charge on any atom is -0.493 e. The highest BCUT2D eigenvalue weighted by Gasteiger charge is 2.22. The van der Waals surface area contributed by atoms with Crippen LogP contribution in [0.2, 0.25) is 0 Å². The van der Waals surface area contributed by atoms with Gasteiger partial charge in [-0.2, -0.15) is 0 Å². The zero-order chi connectivity index (χ0) is 19.4. The Labute approximate surface area is 155 Å². The van der Waals surface area contributed by atoms with Crippen LogP contribution >= 0.6 is 0 Å². The molecule has 1 atom stereocenters. The molecule has 1 amide bonds. The molecule has 0 radical (unpaired) electrons. The van der Waals surface area contributed by atoms with E-state index < -0.39 is 5.92 Å². The van der Waals surface area contributed by atoms with Gasteiger partial charge in [-0.15, -0.1) is 0 Å². The van der Waals surface area contributed by atoms with Crippen LogP contribution in [0.4, 0.5) is 0 Å². The van der Waals surface area contributed by atoms with Crippen molar-refractivity contribution >= 4 is 11.9 Å². The molecule has 0 N–H and O–H groups in total. The number of ether oxygens (including phenoxy) is 4. The van der Waals surface area contributed by atoms with Gasteiger partial charge < -0.3 is 23.8 Å². The largest absolute Gasteiger partial charge is 0.493 e. The maximum Gasteiger partial charge on any atom is 0.310 e. The third kappa shape index (κ3) is 7.31. The van der Waals surface area contributed by atoms with Crippen molar-refractivity contribution in [3.63, 3.8) is 0 Å². The lowest BCUT2D eigenvalue weighted by molar-refractivity contribution is -0.146. The molecule has 7 nitrogen and oxygen atoms in total. The number of nitrogens with zero attached hydrogens (tertiary/aromatic N) is 1. The van der Waals surface area contributed by atoms with Gasteiger partial charge in [0.25, 0.3) is 5.91 Å². The van der Waals surface area contributed by atoms with Crippen molar-refractivity contribution < 1.29 is 28.5 Å². The van der Waals surface area contributed by atoms with Crippen molar-refractivity contribution in [1.82, 2.24) is 4.90 Å². The number of carbonyl (C=O) groups excluding carboxylic acids is 2. The van der Waals surface area contributed by atoms with E-state index in [4.69, 9.17) is 18.9 Å². The van der Waals surface area contributed by atoms with Crippen LogP contribution in [0.15, 0.2) is 24.3 Å². The summed E-state index contributed by atoms with van der Waals surface area (Å²) in [5.74, 6) is 0.0912. The van der Waals surface area contributed by atoms with Gasteiger partial charge in [-0.05, 0) is 25.5 Å². The lowest BCUT2D eigenvalue weighted by Gasteiger charge is -2.25. The Morgan fingerprint density at radius 1 is 1.15 bits per heavy atom. The Morgan fingerprint density at radius 2 is 1.85 bits per heavy atom. The molecule has 1 aromatic carbocycles. The molecule has 0 bridgehead atoms. The molecular weight excluding hydrogens is 338 g/mol. The van der Waals surface area contributed by atoms with E-state index in [0.29, 0.717) is 37.7 Å². The molecule has 0 aliphatic carbocycles. The quantitative estimate of drug-likeness (QED) is 0.416. The Morgan fingerprint density at radius 3 is 2.46 bits per heavy atom. The molecule has 0 aromatic heterocycles. The van der Waals surface area contributed by atoms with Crippen LogP contribution in [0.3, 0.4) is 0 Å². The normalized spacial score (nSPS) is 11.5. The van der Waals surface area contributed by atoms with E-state index in [2.05, 4.69) is 0 Å². The summed E-state index contributed by atoms with van der Waals surface area (Å²) in [6.45, 7) is 5.45. The lowest BCUT2D eigenvalue weighted by atomic mass is 10.1. The van der Waals surface area contributed by atoms with E-state index in [1.807, 2.05) is 19.1 Å². The number of hydrogen-bond donors (Lipinski definition) is 0. The molecule has 1 unspecified atom stereocenters. The van der Waals surface area contributed by atoms with Crippen molar-refractivity contribution in [2.45, 2.75) is 20.3 Å². The highest BCUT2D eigenvalue weighted by Crippen LogP contribution is 2.25. The molecule has 1 rings (SSSR count). The molecule has 0 saturated carbocycles. The Balaban J connectivity index is 2.67. The number of methoxy groups -OCH3 is 2. The van der Waals surface area contributed by atoms with E-state index in [1.54, 1.807) is 31.1 Å². The standard InChI is InChI=1S/C19H29NO6/c1-5-25-12-8-11-20(13-15(2)19(22)24-4)18(21)14-26-17-10-7-6-9-16(17)23-3/h6-7,9-10,15H,5,8,11-14H2,1-4H3. The Kier molecular flexibility index (Phi) is 10.2. The zero-order valence-electron chi connectivity index (χ0n) is 16.0. The molecule has 7 heteroatoms. The van der Waals surface area contributed by atoms with E-state index in [9.17, 15) is 9.59 Å². The van der Waals surface area contributed by atoms with Gasteiger partial charge in [0.2, 0.25) is 0 Å². The topological polar surface area (TPSA) is 74.3 Å². The van der Waals surface area contributed by atoms with Crippen molar-refractivity contribution in [3.8, 4) is 11.5 Å². The first-order valence-corrected chi connectivity index (χ1v) is 8.72. The summed E-state index contributed by atoms with van der Waals surface area (Å²) < 4.78 is 20.9. The summed E-state index contributed by atoms with van der Waals surface area (Å²) in [7, 11) is 2.88. The highest BCUT2D eigenvalue weighted by molar-refractivity contribution is 5.79. The molecule has 0 aliphatic rings. The number of amides is 1. The number of hydrogen-bond acceptors (Lipinski definition) is 6. The van der Waals surface area contributed by atoms with Crippen molar-refractivity contribution in [2.75, 3.05) is 47.1 Å². The summed E-state index contributed by atoms with van der Waals surface area (Å²) in [6.07, 6.45) is 0.683. The lowest BCUT2D eigenvalue weighted by Crippen LogP contribution is -2.40. The summed E-state index contributed by atoms with van der Waals surface area (Å²) >= 11 is 0. The SMILES string of the molecule is CCOCCCN(CC(C)C(=O)OC)C(=O)COc1ccccc1OC. The third-order valence-corrected chi connectivity index (χ3v) is 3.79. The van der Waals surface area contributed by atoms with Gasteiger partial charge in [0.1, 0.15) is 0 Å². The molecular formula is C19H29NO6. The minimum atomic E-state index is -0.415. The number of carbonyl (C=O) groups is 2. The average molecular weight is 367 g/mol. The second kappa shape index (κ2) is 12.1. The molecule has 0 aliphatic heterocycles. The monoisotopic (exact) mass is 367 g/mol. The van der Waals surface area contributed by atoms with Crippen LogP contribution in [-0.4, -0.2) is 63.9 Å².